The molecule has 2 amide bonds. The normalized spacial score (nSPS) is 11.2. The molecule has 6 heteroatoms. The Hall–Kier alpha value is -2.63. The number of hydrogen-bond donors (Lipinski definition) is 2. The molecular formula is C17H21N3O3. The molecule has 0 radical (unpaired) electrons. The van der Waals surface area contributed by atoms with Crippen LogP contribution in [0.5, 0.6) is 0 Å². The van der Waals surface area contributed by atoms with Gasteiger partial charge >= 0.3 is 0 Å². The standard InChI is InChI=1S/C17H21N3O3/c1-10-6-11(2)8-13(7-10)18-15(21)17(4,5)16(22)19-14-9-12(3)23-20-14/h6-9H,1-5H3,(H,18,21)(H,19,20,22). The summed E-state index contributed by atoms with van der Waals surface area (Å²) in [6.07, 6.45) is 0. The fraction of sp³-hybridized carbons (Fsp3) is 0.353. The van der Waals surface area contributed by atoms with Crippen LogP contribution in [0.2, 0.25) is 0 Å². The number of carbonyl (C=O) groups excluding carboxylic acids is 2. The van der Waals surface area contributed by atoms with E-state index in [0.717, 1.165) is 11.1 Å². The Morgan fingerprint density at radius 1 is 0.957 bits per heavy atom. The third-order valence-electron chi connectivity index (χ3n) is 3.48. The zero-order valence-corrected chi connectivity index (χ0v) is 14.0. The van der Waals surface area contributed by atoms with Crippen LogP contribution in [0.3, 0.4) is 0 Å². The van der Waals surface area contributed by atoms with Gasteiger partial charge in [-0.2, -0.15) is 0 Å². The number of nitrogens with zero attached hydrogens (tertiary/aromatic N) is 1. The minimum absolute atomic E-state index is 0.291. The number of amides is 2. The maximum atomic E-state index is 12.5. The summed E-state index contributed by atoms with van der Waals surface area (Å²) < 4.78 is 4.90. The van der Waals surface area contributed by atoms with E-state index in [9.17, 15) is 9.59 Å². The van der Waals surface area contributed by atoms with Gasteiger partial charge in [-0.1, -0.05) is 11.2 Å². The molecule has 23 heavy (non-hydrogen) atoms. The molecule has 0 aliphatic rings. The Morgan fingerprint density at radius 2 is 1.52 bits per heavy atom. The lowest BCUT2D eigenvalue weighted by molar-refractivity contribution is -0.135. The number of aromatic nitrogens is 1. The lowest BCUT2D eigenvalue weighted by Crippen LogP contribution is -2.41. The van der Waals surface area contributed by atoms with Gasteiger partial charge < -0.3 is 15.2 Å². The van der Waals surface area contributed by atoms with Gasteiger partial charge in [0.25, 0.3) is 0 Å². The van der Waals surface area contributed by atoms with Crippen molar-refractivity contribution in [2.24, 2.45) is 5.41 Å². The third-order valence-corrected chi connectivity index (χ3v) is 3.48. The molecule has 6 nitrogen and oxygen atoms in total. The van der Waals surface area contributed by atoms with Gasteiger partial charge in [-0.15, -0.1) is 0 Å². The third kappa shape index (κ3) is 3.97. The molecule has 1 heterocycles. The average Bonchev–Trinajstić information content (AvgIpc) is 2.82. The predicted molar refractivity (Wildman–Crippen MR) is 88.2 cm³/mol. The number of carbonyl (C=O) groups is 2. The van der Waals surface area contributed by atoms with Crippen molar-refractivity contribution in [3.8, 4) is 0 Å². The zero-order valence-electron chi connectivity index (χ0n) is 14.0. The first-order valence-corrected chi connectivity index (χ1v) is 7.33. The highest BCUT2D eigenvalue weighted by molar-refractivity contribution is 6.13. The smallest absolute Gasteiger partial charge is 0.240 e. The second kappa shape index (κ2) is 6.24. The number of nitrogens with one attached hydrogen (secondary N) is 2. The molecule has 0 atom stereocenters. The minimum atomic E-state index is -1.26. The van der Waals surface area contributed by atoms with Gasteiger partial charge in [-0.05, 0) is 57.9 Å². The quantitative estimate of drug-likeness (QED) is 0.849. The Labute approximate surface area is 135 Å². The summed E-state index contributed by atoms with van der Waals surface area (Å²) in [5, 5.41) is 9.08. The summed E-state index contributed by atoms with van der Waals surface area (Å²) in [5.74, 6) is 0.0328. The van der Waals surface area contributed by atoms with E-state index in [-0.39, 0.29) is 5.91 Å². The molecule has 0 saturated heterocycles. The lowest BCUT2D eigenvalue weighted by atomic mass is 9.91. The summed E-state index contributed by atoms with van der Waals surface area (Å²) in [6.45, 7) is 8.75. The van der Waals surface area contributed by atoms with E-state index in [1.54, 1.807) is 26.8 Å². The topological polar surface area (TPSA) is 84.2 Å². The molecule has 1 aromatic carbocycles. The highest BCUT2D eigenvalue weighted by Gasteiger charge is 2.36. The second-order valence-electron chi connectivity index (χ2n) is 6.23. The summed E-state index contributed by atoms with van der Waals surface area (Å²) in [4.78, 5) is 24.8. The van der Waals surface area contributed by atoms with Crippen LogP contribution in [-0.2, 0) is 9.59 Å². The molecular weight excluding hydrogens is 294 g/mol. The van der Waals surface area contributed by atoms with E-state index < -0.39 is 11.3 Å². The second-order valence-corrected chi connectivity index (χ2v) is 6.23. The van der Waals surface area contributed by atoms with E-state index in [4.69, 9.17) is 4.52 Å². The Morgan fingerprint density at radius 3 is 2.04 bits per heavy atom. The molecule has 0 unspecified atom stereocenters. The van der Waals surface area contributed by atoms with Gasteiger partial charge in [0.1, 0.15) is 11.2 Å². The summed E-state index contributed by atoms with van der Waals surface area (Å²) in [7, 11) is 0. The van der Waals surface area contributed by atoms with Crippen LogP contribution < -0.4 is 10.6 Å². The molecule has 122 valence electrons. The molecule has 0 bridgehead atoms. The van der Waals surface area contributed by atoms with Crippen LogP contribution in [0.4, 0.5) is 11.5 Å². The number of benzene rings is 1. The van der Waals surface area contributed by atoms with E-state index >= 15 is 0 Å². The van der Waals surface area contributed by atoms with E-state index in [2.05, 4.69) is 15.8 Å². The highest BCUT2D eigenvalue weighted by Crippen LogP contribution is 2.22. The van der Waals surface area contributed by atoms with Crippen LogP contribution in [0.25, 0.3) is 0 Å². The van der Waals surface area contributed by atoms with Crippen molar-refractivity contribution in [3.05, 3.63) is 41.2 Å². The van der Waals surface area contributed by atoms with Crippen molar-refractivity contribution in [1.29, 1.82) is 0 Å². The number of rotatable bonds is 4. The van der Waals surface area contributed by atoms with Gasteiger partial charge in [0.05, 0.1) is 0 Å². The minimum Gasteiger partial charge on any atom is -0.360 e. The Balaban J connectivity index is 2.10. The molecule has 2 aromatic rings. The van der Waals surface area contributed by atoms with Gasteiger partial charge in [0.15, 0.2) is 5.82 Å². The molecule has 2 rings (SSSR count). The van der Waals surface area contributed by atoms with Crippen LogP contribution in [0, 0.1) is 26.2 Å². The summed E-state index contributed by atoms with van der Waals surface area (Å²) in [5.41, 5.74) is 1.50. The molecule has 0 spiro atoms. The Bertz CT molecular complexity index is 727. The molecule has 0 fully saturated rings. The number of aryl methyl sites for hydroxylation is 3. The van der Waals surface area contributed by atoms with Crippen LogP contribution >= 0.6 is 0 Å². The SMILES string of the molecule is Cc1cc(C)cc(NC(=O)C(C)(C)C(=O)Nc2cc(C)on2)c1. The monoisotopic (exact) mass is 315 g/mol. The van der Waals surface area contributed by atoms with Gasteiger partial charge in [-0.3, -0.25) is 9.59 Å². The zero-order chi connectivity index (χ0) is 17.2. The highest BCUT2D eigenvalue weighted by atomic mass is 16.5. The van der Waals surface area contributed by atoms with Crippen LogP contribution in [0.1, 0.15) is 30.7 Å². The largest absolute Gasteiger partial charge is 0.360 e. The first kappa shape index (κ1) is 16.7. The van der Waals surface area contributed by atoms with Crippen molar-refractivity contribution < 1.29 is 14.1 Å². The molecule has 0 saturated carbocycles. The van der Waals surface area contributed by atoms with Crippen LogP contribution in [-0.4, -0.2) is 17.0 Å². The predicted octanol–water partition coefficient (Wildman–Crippen LogP) is 3.20. The maximum Gasteiger partial charge on any atom is 0.240 e. The molecule has 2 N–H and O–H groups in total. The Kier molecular flexibility index (Phi) is 4.54. The van der Waals surface area contributed by atoms with E-state index in [1.165, 1.54) is 0 Å². The lowest BCUT2D eigenvalue weighted by Gasteiger charge is -2.22. The van der Waals surface area contributed by atoms with Crippen molar-refractivity contribution in [2.45, 2.75) is 34.6 Å². The first-order valence-electron chi connectivity index (χ1n) is 7.33. The first-order chi connectivity index (χ1) is 10.7. The maximum absolute atomic E-state index is 12.5. The molecule has 1 aromatic heterocycles. The molecule has 0 aliphatic carbocycles. The average molecular weight is 315 g/mol. The van der Waals surface area contributed by atoms with Gasteiger partial charge in [0.2, 0.25) is 11.8 Å². The van der Waals surface area contributed by atoms with Crippen molar-refractivity contribution >= 4 is 23.3 Å². The molecule has 0 aliphatic heterocycles. The van der Waals surface area contributed by atoms with Crippen molar-refractivity contribution in [3.63, 3.8) is 0 Å². The van der Waals surface area contributed by atoms with Gasteiger partial charge in [0, 0.05) is 11.8 Å². The van der Waals surface area contributed by atoms with Gasteiger partial charge in [-0.25, -0.2) is 0 Å². The summed E-state index contributed by atoms with van der Waals surface area (Å²) in [6, 6.07) is 7.33. The van der Waals surface area contributed by atoms with Crippen molar-refractivity contribution in [2.75, 3.05) is 10.6 Å². The van der Waals surface area contributed by atoms with Crippen LogP contribution in [0.15, 0.2) is 28.8 Å². The van der Waals surface area contributed by atoms with E-state index in [0.29, 0.717) is 17.3 Å². The van der Waals surface area contributed by atoms with Crippen molar-refractivity contribution in [1.82, 2.24) is 5.16 Å². The number of anilines is 2. The van der Waals surface area contributed by atoms with E-state index in [1.807, 2.05) is 32.0 Å². The summed E-state index contributed by atoms with van der Waals surface area (Å²) >= 11 is 0. The number of hydrogen-bond acceptors (Lipinski definition) is 4. The fourth-order valence-corrected chi connectivity index (χ4v) is 2.14. The fourth-order valence-electron chi connectivity index (χ4n) is 2.14.